The van der Waals surface area contributed by atoms with Gasteiger partial charge in [-0.15, -0.1) is 0 Å². The monoisotopic (exact) mass is 348 g/mol. The summed E-state index contributed by atoms with van der Waals surface area (Å²) < 4.78 is 5.38. The van der Waals surface area contributed by atoms with Crippen molar-refractivity contribution in [2.45, 2.75) is 32.1 Å². The predicted octanol–water partition coefficient (Wildman–Crippen LogP) is 4.57. The first-order chi connectivity index (χ1) is 12.6. The molecule has 0 spiro atoms. The van der Waals surface area contributed by atoms with Crippen LogP contribution in [0.15, 0.2) is 48.7 Å². The number of aromatic nitrogens is 1. The van der Waals surface area contributed by atoms with Gasteiger partial charge in [-0.3, -0.25) is 4.79 Å². The number of hydrogen-bond donors (Lipinski definition) is 1. The number of ether oxygens (including phenoxy) is 1. The summed E-state index contributed by atoms with van der Waals surface area (Å²) >= 11 is 0. The van der Waals surface area contributed by atoms with Crippen molar-refractivity contribution in [3.8, 4) is 5.75 Å². The van der Waals surface area contributed by atoms with E-state index in [2.05, 4.69) is 24.0 Å². The van der Waals surface area contributed by atoms with Crippen LogP contribution in [0.3, 0.4) is 0 Å². The third-order valence-electron chi connectivity index (χ3n) is 5.44. The molecule has 4 rings (SSSR count). The highest BCUT2D eigenvalue weighted by atomic mass is 16.5. The number of aryl methyl sites for hydroxylation is 1. The third-order valence-corrected chi connectivity index (χ3v) is 5.44. The number of likely N-dealkylation sites (N-methyl/N-ethyl adjacent to an activating group) is 1. The molecule has 0 saturated heterocycles. The number of H-pyrrole nitrogens is 1. The van der Waals surface area contributed by atoms with Crippen molar-refractivity contribution in [1.29, 1.82) is 0 Å². The minimum atomic E-state index is -0.426. The van der Waals surface area contributed by atoms with E-state index in [4.69, 9.17) is 4.74 Å². The van der Waals surface area contributed by atoms with Crippen LogP contribution in [0.4, 0.5) is 5.69 Å². The Hall–Kier alpha value is -2.75. The molecule has 1 saturated carbocycles. The summed E-state index contributed by atoms with van der Waals surface area (Å²) in [6, 6.07) is 14.1. The molecule has 0 atom stereocenters. The van der Waals surface area contributed by atoms with Crippen LogP contribution < -0.4 is 9.64 Å². The number of carbonyl (C=O) groups excluding carboxylic acids is 1. The number of amides is 1. The van der Waals surface area contributed by atoms with E-state index in [0.717, 1.165) is 46.3 Å². The lowest BCUT2D eigenvalue weighted by molar-refractivity contribution is -0.120. The van der Waals surface area contributed by atoms with Gasteiger partial charge in [-0.05, 0) is 68.1 Å². The number of rotatable bonds is 5. The Balaban J connectivity index is 1.76. The van der Waals surface area contributed by atoms with Gasteiger partial charge < -0.3 is 14.6 Å². The minimum Gasteiger partial charge on any atom is -0.497 e. The maximum absolute atomic E-state index is 13.5. The van der Waals surface area contributed by atoms with Gasteiger partial charge in [-0.25, -0.2) is 0 Å². The summed E-state index contributed by atoms with van der Waals surface area (Å²) in [5, 5.41) is 1.08. The molecule has 0 aliphatic heterocycles. The Labute approximate surface area is 153 Å². The van der Waals surface area contributed by atoms with Gasteiger partial charge in [0.1, 0.15) is 5.75 Å². The van der Waals surface area contributed by atoms with Gasteiger partial charge in [0.2, 0.25) is 5.91 Å². The standard InChI is InChI=1S/C22H24N2O2/c1-4-24(16-7-5-6-15(2)12-16)21(25)22(10-11-22)19-14-23-20-9-8-17(26-3)13-18(19)20/h5-9,12-14,23H,4,10-11H2,1-3H3. The molecule has 2 aromatic carbocycles. The van der Waals surface area contributed by atoms with Gasteiger partial charge >= 0.3 is 0 Å². The lowest BCUT2D eigenvalue weighted by atomic mass is 9.93. The van der Waals surface area contributed by atoms with E-state index in [9.17, 15) is 4.79 Å². The summed E-state index contributed by atoms with van der Waals surface area (Å²) in [4.78, 5) is 18.8. The van der Waals surface area contributed by atoms with E-state index < -0.39 is 5.41 Å². The smallest absolute Gasteiger partial charge is 0.237 e. The Kier molecular flexibility index (Phi) is 3.98. The Bertz CT molecular complexity index is 969. The second-order valence-electron chi connectivity index (χ2n) is 7.08. The van der Waals surface area contributed by atoms with Crippen molar-refractivity contribution in [2.75, 3.05) is 18.6 Å². The number of carbonyl (C=O) groups is 1. The molecule has 1 aliphatic rings. The molecule has 1 aliphatic carbocycles. The maximum atomic E-state index is 13.5. The first-order valence-corrected chi connectivity index (χ1v) is 9.13. The number of anilines is 1. The number of fused-ring (bicyclic) bond motifs is 1. The van der Waals surface area contributed by atoms with E-state index in [0.29, 0.717) is 6.54 Å². The highest BCUT2D eigenvalue weighted by Gasteiger charge is 2.54. The van der Waals surface area contributed by atoms with E-state index in [1.54, 1.807) is 7.11 Å². The van der Waals surface area contributed by atoms with Crippen molar-refractivity contribution in [2.24, 2.45) is 0 Å². The van der Waals surface area contributed by atoms with E-state index in [-0.39, 0.29) is 5.91 Å². The summed E-state index contributed by atoms with van der Waals surface area (Å²) in [5.74, 6) is 1.00. The van der Waals surface area contributed by atoms with Crippen LogP contribution in [0.2, 0.25) is 0 Å². The van der Waals surface area contributed by atoms with Crippen molar-refractivity contribution in [3.05, 3.63) is 59.8 Å². The van der Waals surface area contributed by atoms with Crippen LogP contribution in [0.1, 0.15) is 30.9 Å². The third kappa shape index (κ3) is 2.57. The zero-order chi connectivity index (χ0) is 18.3. The van der Waals surface area contributed by atoms with Crippen LogP contribution in [-0.2, 0) is 10.2 Å². The second-order valence-corrected chi connectivity index (χ2v) is 7.08. The van der Waals surface area contributed by atoms with Crippen LogP contribution in [-0.4, -0.2) is 24.5 Å². The van der Waals surface area contributed by atoms with Crippen LogP contribution in [0.5, 0.6) is 5.75 Å². The molecule has 0 bridgehead atoms. The molecule has 134 valence electrons. The zero-order valence-electron chi connectivity index (χ0n) is 15.5. The number of benzene rings is 2. The molecule has 1 heterocycles. The van der Waals surface area contributed by atoms with Crippen molar-refractivity contribution < 1.29 is 9.53 Å². The van der Waals surface area contributed by atoms with E-state index in [1.807, 2.05) is 48.4 Å². The fraction of sp³-hybridized carbons (Fsp3) is 0.318. The normalized spacial score (nSPS) is 15.0. The summed E-state index contributed by atoms with van der Waals surface area (Å²) in [5.41, 5.74) is 3.84. The molecule has 1 N–H and O–H groups in total. The van der Waals surface area contributed by atoms with Crippen molar-refractivity contribution in [3.63, 3.8) is 0 Å². The van der Waals surface area contributed by atoms with Gasteiger partial charge in [-0.1, -0.05) is 12.1 Å². The highest BCUT2D eigenvalue weighted by Crippen LogP contribution is 2.52. The molecule has 1 aromatic heterocycles. The lowest BCUT2D eigenvalue weighted by Crippen LogP contribution is -2.39. The lowest BCUT2D eigenvalue weighted by Gasteiger charge is -2.26. The molecule has 0 radical (unpaired) electrons. The maximum Gasteiger partial charge on any atom is 0.237 e. The SMILES string of the molecule is CCN(C(=O)C1(c2c[nH]c3ccc(OC)cc23)CC1)c1cccc(C)c1. The number of aromatic amines is 1. The van der Waals surface area contributed by atoms with Crippen molar-refractivity contribution >= 4 is 22.5 Å². The highest BCUT2D eigenvalue weighted by molar-refractivity contribution is 6.06. The first-order valence-electron chi connectivity index (χ1n) is 9.13. The van der Waals surface area contributed by atoms with E-state index in [1.165, 1.54) is 0 Å². The average Bonchev–Trinajstić information content (AvgIpc) is 3.35. The molecule has 3 aromatic rings. The number of methoxy groups -OCH3 is 1. The largest absolute Gasteiger partial charge is 0.497 e. The van der Waals surface area contributed by atoms with Crippen LogP contribution in [0.25, 0.3) is 10.9 Å². The minimum absolute atomic E-state index is 0.189. The van der Waals surface area contributed by atoms with Gasteiger partial charge in [-0.2, -0.15) is 0 Å². The van der Waals surface area contributed by atoms with E-state index >= 15 is 0 Å². The first kappa shape index (κ1) is 16.7. The Morgan fingerprint density at radius 2 is 2.04 bits per heavy atom. The van der Waals surface area contributed by atoms with Gasteiger partial charge in [0.15, 0.2) is 0 Å². The molecule has 1 amide bonds. The fourth-order valence-corrected chi connectivity index (χ4v) is 3.84. The second kappa shape index (κ2) is 6.20. The zero-order valence-corrected chi connectivity index (χ0v) is 15.5. The summed E-state index contributed by atoms with van der Waals surface area (Å²) in [6.07, 6.45) is 3.77. The molecular weight excluding hydrogens is 324 g/mol. The van der Waals surface area contributed by atoms with Crippen LogP contribution in [0, 0.1) is 6.92 Å². The number of nitrogens with zero attached hydrogens (tertiary/aromatic N) is 1. The van der Waals surface area contributed by atoms with Gasteiger partial charge in [0.25, 0.3) is 0 Å². The van der Waals surface area contributed by atoms with Gasteiger partial charge in [0, 0.05) is 29.3 Å². The fourth-order valence-electron chi connectivity index (χ4n) is 3.84. The molecule has 26 heavy (non-hydrogen) atoms. The predicted molar refractivity (Wildman–Crippen MR) is 105 cm³/mol. The Morgan fingerprint density at radius 3 is 2.69 bits per heavy atom. The molecule has 4 heteroatoms. The number of nitrogens with one attached hydrogen (secondary N) is 1. The summed E-state index contributed by atoms with van der Waals surface area (Å²) in [6.45, 7) is 4.75. The Morgan fingerprint density at radius 1 is 1.23 bits per heavy atom. The van der Waals surface area contributed by atoms with Crippen molar-refractivity contribution in [1.82, 2.24) is 4.98 Å². The molecule has 4 nitrogen and oxygen atoms in total. The molecule has 0 unspecified atom stereocenters. The average molecular weight is 348 g/mol. The molecule has 1 fully saturated rings. The topological polar surface area (TPSA) is 45.3 Å². The number of hydrogen-bond acceptors (Lipinski definition) is 2. The van der Waals surface area contributed by atoms with Gasteiger partial charge in [0.05, 0.1) is 12.5 Å². The molecular formula is C22H24N2O2. The van der Waals surface area contributed by atoms with Crippen LogP contribution >= 0.6 is 0 Å². The summed E-state index contributed by atoms with van der Waals surface area (Å²) in [7, 11) is 1.67. The quantitative estimate of drug-likeness (QED) is 0.734.